The average molecular weight is 1750 g/mol. The highest BCUT2D eigenvalue weighted by molar-refractivity contribution is 5.64. The SMILES string of the molecule is CC(C)(C)c1cc2c(OCC3CO3)c(c1)Cc1cc(C(C)(C)C)cc(c1OCC1CO1)Cc1cc(C(C)(C)C)cc(c1OCC1CO1)Cc1cc(C(C)(C)C)cc(c1OCC1CO1)Cc1cc(C(C)(C)C)cc(c1OCC1CO1)Cc1cc(C(C)(C)C)cc(c1OCC1CO1)Cc1cc(C(C)(C)C)cc(c1OCC1CO1)Cc1cc(C(C)(C)C)cc(c1OCC1CO1)C2. The van der Waals surface area contributed by atoms with Crippen LogP contribution in [-0.2, 0) is 133 Å². The highest BCUT2D eigenvalue weighted by atomic mass is 16.6. The lowest BCUT2D eigenvalue weighted by Gasteiger charge is -2.29. The molecule has 16 bridgehead atoms. The van der Waals surface area contributed by atoms with E-state index >= 15 is 0 Å². The van der Waals surface area contributed by atoms with E-state index in [1.807, 2.05) is 0 Å². The van der Waals surface area contributed by atoms with Crippen molar-refractivity contribution in [2.45, 2.75) is 310 Å². The first-order chi connectivity index (χ1) is 60.3. The van der Waals surface area contributed by atoms with Crippen LogP contribution in [0, 0.1) is 0 Å². The summed E-state index contributed by atoms with van der Waals surface area (Å²) < 4.78 is 108. The molecule has 9 aliphatic rings. The zero-order valence-corrected chi connectivity index (χ0v) is 81.4. The van der Waals surface area contributed by atoms with Gasteiger partial charge in [-0.3, -0.25) is 0 Å². The van der Waals surface area contributed by atoms with E-state index in [1.165, 1.54) is 44.5 Å². The molecule has 17 rings (SSSR count). The molecule has 0 aromatic heterocycles. The fourth-order valence-corrected chi connectivity index (χ4v) is 17.4. The number of ether oxygens (including phenoxy) is 16. The summed E-state index contributed by atoms with van der Waals surface area (Å²) in [6, 6.07) is 38.6. The van der Waals surface area contributed by atoms with E-state index in [2.05, 4.69) is 263 Å². The van der Waals surface area contributed by atoms with Crippen LogP contribution in [0.4, 0.5) is 0 Å². The van der Waals surface area contributed by atoms with E-state index in [1.54, 1.807) is 0 Å². The molecule has 16 nitrogen and oxygen atoms in total. The largest absolute Gasteiger partial charge is 0.490 e. The Labute approximate surface area is 763 Å². The fourth-order valence-electron chi connectivity index (χ4n) is 17.4. The fraction of sp³-hybridized carbons (Fsp3) is 0.571. The molecular formula is C112H144O16. The van der Waals surface area contributed by atoms with Gasteiger partial charge in [-0.2, -0.15) is 0 Å². The smallest absolute Gasteiger partial charge is 0.126 e. The van der Waals surface area contributed by atoms with E-state index in [-0.39, 0.29) is 92.2 Å². The second kappa shape index (κ2) is 35.4. The molecule has 688 valence electrons. The summed E-state index contributed by atoms with van der Waals surface area (Å²) in [7, 11) is 0. The monoisotopic (exact) mass is 1750 g/mol. The van der Waals surface area contributed by atoms with Crippen molar-refractivity contribution >= 4 is 0 Å². The summed E-state index contributed by atoms with van der Waals surface area (Å²) in [5.74, 6) is 6.76. The minimum atomic E-state index is -0.289. The van der Waals surface area contributed by atoms with Crippen molar-refractivity contribution < 1.29 is 75.8 Å². The molecule has 8 aromatic rings. The summed E-state index contributed by atoms with van der Waals surface area (Å²) >= 11 is 0. The van der Waals surface area contributed by atoms with Gasteiger partial charge in [0.2, 0.25) is 0 Å². The van der Waals surface area contributed by atoms with Gasteiger partial charge in [0, 0.05) is 51.4 Å². The lowest BCUT2D eigenvalue weighted by atomic mass is 9.79. The van der Waals surface area contributed by atoms with Gasteiger partial charge in [0.05, 0.1) is 52.9 Å². The summed E-state index contributed by atoms with van der Waals surface area (Å²) in [5, 5.41) is 0. The van der Waals surface area contributed by atoms with E-state index in [4.69, 9.17) is 75.8 Å². The van der Waals surface area contributed by atoms with E-state index < -0.39 is 0 Å². The van der Waals surface area contributed by atoms with Crippen LogP contribution in [-0.4, -0.2) is 155 Å². The Morgan fingerprint density at radius 1 is 0.164 bits per heavy atom. The van der Waals surface area contributed by atoms with Gasteiger partial charge >= 0.3 is 0 Å². The predicted octanol–water partition coefficient (Wildman–Crippen LogP) is 21.3. The van der Waals surface area contributed by atoms with Gasteiger partial charge in [-0.15, -0.1) is 0 Å². The Morgan fingerprint density at radius 2 is 0.242 bits per heavy atom. The molecule has 0 radical (unpaired) electrons. The maximum absolute atomic E-state index is 7.47. The third-order valence-corrected chi connectivity index (χ3v) is 26.4. The maximum atomic E-state index is 7.47. The summed E-state index contributed by atoms with van der Waals surface area (Å²) in [5.41, 5.74) is 24.4. The minimum Gasteiger partial charge on any atom is -0.490 e. The first kappa shape index (κ1) is 91.7. The Morgan fingerprint density at radius 3 is 0.305 bits per heavy atom. The Balaban J connectivity index is 0.952. The molecule has 0 saturated carbocycles. The number of fused-ring (bicyclic) bond motifs is 16. The molecule has 8 saturated heterocycles. The standard InChI is InChI=1S/C112H144O16/c1-105(2,3)81-33-65-25-67-35-82(106(4,5)6)37-69(98(67)122-58-90-50-114-90)27-71-39-84(108(10,11)12)41-73(100(71)124-60-92-52-116-92)29-75-43-86(110(16,17)18)45-77(102(75)126-62-94-54-118-94)31-79-47-88(112(22,23)24)48-80(104(79)128-64-96-56-120-96)32-78-46-87(111(19,20)21)44-76(103(78)127-63-95-55-119-95)30-74-42-85(109(13,14)15)40-72(101(74)125-61-93-53-117-93)28-70-38-83(107(7,8)9)36-68(99(70)123-59-91-51-115-91)26-66(34-81)97(65)121-57-89-49-113-89/h33-48,89-96H,25-32,49-64H2,1-24H3. The number of hydrogen-bond donors (Lipinski definition) is 0. The van der Waals surface area contributed by atoms with Crippen molar-refractivity contribution in [1.29, 1.82) is 0 Å². The summed E-state index contributed by atoms with van der Waals surface area (Å²) in [6.07, 6.45) is 3.73. The van der Waals surface area contributed by atoms with Crippen molar-refractivity contribution in [3.05, 3.63) is 231 Å². The minimum absolute atomic E-state index is 0.0318. The van der Waals surface area contributed by atoms with E-state index in [0.717, 1.165) is 135 Å². The second-order valence-electron chi connectivity index (χ2n) is 46.5. The number of rotatable bonds is 24. The molecule has 16 heteroatoms. The van der Waals surface area contributed by atoms with Crippen molar-refractivity contribution in [1.82, 2.24) is 0 Å². The van der Waals surface area contributed by atoms with Crippen LogP contribution in [0.15, 0.2) is 97.1 Å². The van der Waals surface area contributed by atoms with Gasteiger partial charge in [0.15, 0.2) is 0 Å². The molecular weight excluding hydrogens is 1600 g/mol. The topological polar surface area (TPSA) is 174 Å². The zero-order chi connectivity index (χ0) is 90.7. The molecule has 0 N–H and O–H groups in total. The third kappa shape index (κ3) is 23.1. The molecule has 0 amide bonds. The van der Waals surface area contributed by atoms with Crippen molar-refractivity contribution in [3.8, 4) is 46.0 Å². The Hall–Kier alpha value is -8.16. The van der Waals surface area contributed by atoms with Gasteiger partial charge in [-0.05, 0) is 177 Å². The zero-order valence-electron chi connectivity index (χ0n) is 81.4. The second-order valence-corrected chi connectivity index (χ2v) is 46.5. The van der Waals surface area contributed by atoms with Crippen molar-refractivity contribution in [2.24, 2.45) is 0 Å². The van der Waals surface area contributed by atoms with Gasteiger partial charge in [0.25, 0.3) is 0 Å². The first-order valence-corrected chi connectivity index (χ1v) is 47.6. The maximum Gasteiger partial charge on any atom is 0.126 e. The lowest BCUT2D eigenvalue weighted by molar-refractivity contribution is 0.255. The molecule has 8 aromatic carbocycles. The van der Waals surface area contributed by atoms with Gasteiger partial charge < -0.3 is 75.8 Å². The number of benzene rings is 8. The lowest BCUT2D eigenvalue weighted by Crippen LogP contribution is -2.19. The van der Waals surface area contributed by atoms with Gasteiger partial charge in [-0.1, -0.05) is 263 Å². The molecule has 128 heavy (non-hydrogen) atoms. The van der Waals surface area contributed by atoms with Gasteiger partial charge in [0.1, 0.15) is 148 Å². The molecule has 1 aliphatic carbocycles. The molecule has 8 atom stereocenters. The molecule has 8 heterocycles. The highest BCUT2D eigenvalue weighted by Crippen LogP contribution is 2.50. The van der Waals surface area contributed by atoms with Crippen LogP contribution >= 0.6 is 0 Å². The quantitative estimate of drug-likeness (QED) is 0.0522. The van der Waals surface area contributed by atoms with Crippen LogP contribution in [0.5, 0.6) is 46.0 Å². The Kier molecular flexibility index (Phi) is 25.4. The van der Waals surface area contributed by atoms with Crippen LogP contribution in [0.1, 0.15) is 300 Å². The van der Waals surface area contributed by atoms with Crippen LogP contribution in [0.25, 0.3) is 0 Å². The third-order valence-electron chi connectivity index (χ3n) is 26.4. The molecule has 8 unspecified atom stereocenters. The number of hydrogen-bond acceptors (Lipinski definition) is 16. The van der Waals surface area contributed by atoms with Crippen LogP contribution in [0.3, 0.4) is 0 Å². The number of epoxide rings is 8. The average Bonchev–Trinajstić information content (AvgIpc) is 1.65. The van der Waals surface area contributed by atoms with Gasteiger partial charge in [-0.25, -0.2) is 0 Å². The molecule has 8 fully saturated rings. The first-order valence-electron chi connectivity index (χ1n) is 47.6. The molecule has 8 aliphatic heterocycles. The van der Waals surface area contributed by atoms with Crippen molar-refractivity contribution in [3.63, 3.8) is 0 Å². The van der Waals surface area contributed by atoms with Crippen molar-refractivity contribution in [2.75, 3.05) is 106 Å². The van der Waals surface area contributed by atoms with E-state index in [9.17, 15) is 0 Å². The summed E-state index contributed by atoms with van der Waals surface area (Å²) in [6.45, 7) is 64.2. The highest BCUT2D eigenvalue weighted by Gasteiger charge is 2.39. The Bertz CT molecular complexity index is 4220. The molecule has 0 spiro atoms. The summed E-state index contributed by atoms with van der Waals surface area (Å²) in [4.78, 5) is 0. The predicted molar refractivity (Wildman–Crippen MR) is 505 cm³/mol. The normalized spacial score (nSPS) is 21.6. The van der Waals surface area contributed by atoms with E-state index in [0.29, 0.717) is 157 Å². The van der Waals surface area contributed by atoms with Crippen LogP contribution < -0.4 is 37.9 Å². The van der Waals surface area contributed by atoms with Crippen LogP contribution in [0.2, 0.25) is 0 Å².